The minimum absolute atomic E-state index is 0.720. The van der Waals surface area contributed by atoms with E-state index < -0.39 is 0 Å². The average molecular weight is 394 g/mol. The monoisotopic (exact) mass is 393 g/mol. The summed E-state index contributed by atoms with van der Waals surface area (Å²) in [5, 5.41) is 1.75. The van der Waals surface area contributed by atoms with Crippen molar-refractivity contribution >= 4 is 34.4 Å². The van der Waals surface area contributed by atoms with Crippen molar-refractivity contribution in [2.45, 2.75) is 31.3 Å². The molecule has 0 saturated carbocycles. The van der Waals surface area contributed by atoms with Crippen molar-refractivity contribution in [3.8, 4) is 0 Å². The van der Waals surface area contributed by atoms with E-state index in [-0.39, 0.29) is 0 Å². The molecule has 0 radical (unpaired) electrons. The van der Waals surface area contributed by atoms with E-state index in [1.54, 1.807) is 18.0 Å². The van der Waals surface area contributed by atoms with E-state index in [1.165, 1.54) is 16.7 Å². The Hall–Kier alpha value is -2.30. The number of aromatic nitrogens is 3. The van der Waals surface area contributed by atoms with Gasteiger partial charge in [0.2, 0.25) is 0 Å². The summed E-state index contributed by atoms with van der Waals surface area (Å²) in [6.45, 7) is 5.01. The van der Waals surface area contributed by atoms with Crippen LogP contribution in [0.1, 0.15) is 22.3 Å². The molecule has 0 aliphatic heterocycles. The zero-order valence-corrected chi connectivity index (χ0v) is 16.9. The van der Waals surface area contributed by atoms with Crippen LogP contribution in [0.5, 0.6) is 0 Å². The van der Waals surface area contributed by atoms with Gasteiger partial charge < -0.3 is 4.57 Å². The van der Waals surface area contributed by atoms with Crippen LogP contribution in [0.3, 0.4) is 0 Å². The van der Waals surface area contributed by atoms with E-state index in [9.17, 15) is 0 Å². The van der Waals surface area contributed by atoms with E-state index in [2.05, 4.69) is 47.7 Å². The Labute approximate surface area is 168 Å². The smallest absolute Gasteiger partial charge is 0.169 e. The number of benzene rings is 2. The summed E-state index contributed by atoms with van der Waals surface area (Å²) in [4.78, 5) is 9.15. The Balaban J connectivity index is 1.68. The van der Waals surface area contributed by atoms with Gasteiger partial charge in [0.1, 0.15) is 0 Å². The van der Waals surface area contributed by atoms with Gasteiger partial charge in [0.05, 0.1) is 23.8 Å². The molecule has 0 fully saturated rings. The van der Waals surface area contributed by atoms with Crippen LogP contribution in [0.4, 0.5) is 0 Å². The molecular weight excluding hydrogens is 374 g/mol. The third-order valence-electron chi connectivity index (χ3n) is 4.61. The molecule has 2 heterocycles. The van der Waals surface area contributed by atoms with E-state index >= 15 is 0 Å². The lowest BCUT2D eigenvalue weighted by Crippen LogP contribution is -2.02. The van der Waals surface area contributed by atoms with Crippen LogP contribution in [0.2, 0.25) is 5.02 Å². The van der Waals surface area contributed by atoms with Crippen molar-refractivity contribution in [3.63, 3.8) is 0 Å². The van der Waals surface area contributed by atoms with Crippen molar-refractivity contribution in [2.24, 2.45) is 0 Å². The molecule has 4 rings (SSSR count). The van der Waals surface area contributed by atoms with Crippen molar-refractivity contribution < 1.29 is 0 Å². The first kappa shape index (κ1) is 18.1. The number of fused-ring (bicyclic) bond motifs is 1. The maximum atomic E-state index is 6.17. The number of hydrogen-bond donors (Lipinski definition) is 0. The molecule has 5 heteroatoms. The Kier molecular flexibility index (Phi) is 5.19. The second-order valence-electron chi connectivity index (χ2n) is 6.69. The highest BCUT2D eigenvalue weighted by Crippen LogP contribution is 2.29. The van der Waals surface area contributed by atoms with Crippen LogP contribution in [-0.4, -0.2) is 14.5 Å². The summed E-state index contributed by atoms with van der Waals surface area (Å²) in [7, 11) is 0. The second-order valence-corrected chi connectivity index (χ2v) is 8.07. The van der Waals surface area contributed by atoms with Gasteiger partial charge in [-0.1, -0.05) is 59.3 Å². The highest BCUT2D eigenvalue weighted by molar-refractivity contribution is 7.98. The Morgan fingerprint density at radius 3 is 2.81 bits per heavy atom. The van der Waals surface area contributed by atoms with Gasteiger partial charge in [-0.05, 0) is 48.7 Å². The zero-order chi connectivity index (χ0) is 18.8. The highest BCUT2D eigenvalue weighted by Gasteiger charge is 2.13. The van der Waals surface area contributed by atoms with E-state index in [4.69, 9.17) is 16.6 Å². The molecule has 3 nitrogen and oxygen atoms in total. The third-order valence-corrected chi connectivity index (χ3v) is 5.87. The molecule has 2 aromatic heterocycles. The number of rotatable bonds is 5. The number of imidazole rings is 1. The number of nitrogens with zero attached hydrogens (tertiary/aromatic N) is 3. The lowest BCUT2D eigenvalue weighted by atomic mass is 10.1. The van der Waals surface area contributed by atoms with E-state index in [0.717, 1.165) is 39.1 Å². The molecule has 136 valence electrons. The van der Waals surface area contributed by atoms with Crippen LogP contribution in [0, 0.1) is 13.8 Å². The number of halogens is 1. The number of pyridine rings is 1. The van der Waals surface area contributed by atoms with Gasteiger partial charge in [0, 0.05) is 17.0 Å². The summed E-state index contributed by atoms with van der Waals surface area (Å²) in [5.74, 6) is 0.889. The molecule has 0 saturated heterocycles. The molecule has 0 N–H and O–H groups in total. The molecule has 0 unspecified atom stereocenters. The molecule has 0 atom stereocenters. The molecule has 2 aromatic carbocycles. The first-order valence-corrected chi connectivity index (χ1v) is 10.2. The van der Waals surface area contributed by atoms with Crippen LogP contribution >= 0.6 is 23.4 Å². The minimum Gasteiger partial charge on any atom is -0.313 e. The Morgan fingerprint density at radius 2 is 1.96 bits per heavy atom. The molecule has 4 aromatic rings. The maximum Gasteiger partial charge on any atom is 0.169 e. The molecule has 0 bridgehead atoms. The summed E-state index contributed by atoms with van der Waals surface area (Å²) in [6, 6.07) is 16.5. The van der Waals surface area contributed by atoms with Crippen LogP contribution in [0.15, 0.2) is 66.1 Å². The fraction of sp³-hybridized carbons (Fsp3) is 0.182. The zero-order valence-electron chi connectivity index (χ0n) is 15.3. The van der Waals surface area contributed by atoms with Crippen LogP contribution in [-0.2, 0) is 12.3 Å². The largest absolute Gasteiger partial charge is 0.313 e. The van der Waals surface area contributed by atoms with E-state index in [0.29, 0.717) is 0 Å². The first-order valence-electron chi connectivity index (χ1n) is 8.84. The Morgan fingerprint density at radius 1 is 1.07 bits per heavy atom. The summed E-state index contributed by atoms with van der Waals surface area (Å²) >= 11 is 7.94. The first-order chi connectivity index (χ1) is 13.1. The number of hydrogen-bond acceptors (Lipinski definition) is 3. The van der Waals surface area contributed by atoms with Crippen molar-refractivity contribution in [3.05, 3.63) is 88.2 Å². The average Bonchev–Trinajstić information content (AvgIpc) is 3.00. The van der Waals surface area contributed by atoms with Crippen molar-refractivity contribution in [2.75, 3.05) is 0 Å². The van der Waals surface area contributed by atoms with Crippen molar-refractivity contribution in [1.29, 1.82) is 0 Å². The molecular formula is C22H20ClN3S. The van der Waals surface area contributed by atoms with Gasteiger partial charge in [-0.15, -0.1) is 0 Å². The lowest BCUT2D eigenvalue weighted by Gasteiger charge is -2.11. The maximum absolute atomic E-state index is 6.17. The van der Waals surface area contributed by atoms with Crippen LogP contribution in [0.25, 0.3) is 11.0 Å². The van der Waals surface area contributed by atoms with Gasteiger partial charge in [-0.2, -0.15) is 0 Å². The normalized spacial score (nSPS) is 11.2. The Bertz CT molecular complexity index is 1100. The number of aryl methyl sites for hydroxylation is 2. The van der Waals surface area contributed by atoms with Gasteiger partial charge in [-0.3, -0.25) is 4.98 Å². The third kappa shape index (κ3) is 4.02. The topological polar surface area (TPSA) is 30.7 Å². The van der Waals surface area contributed by atoms with Gasteiger partial charge in [0.15, 0.2) is 5.16 Å². The number of thioether (sulfide) groups is 1. The SMILES string of the molecule is Cc1ccc(C)c(CSc2nc3ccncc3n2Cc2cccc(Cl)c2)c1. The standard InChI is InChI=1S/C22H20ClN3S/c1-15-6-7-16(2)18(10-15)14-27-22-25-20-8-9-24-12-21(20)26(22)13-17-4-3-5-19(23)11-17/h3-12H,13-14H2,1-2H3. The molecule has 0 aliphatic rings. The molecule has 0 amide bonds. The van der Waals surface area contributed by atoms with Gasteiger partial charge in [-0.25, -0.2) is 4.98 Å². The second kappa shape index (κ2) is 7.75. The van der Waals surface area contributed by atoms with Crippen molar-refractivity contribution in [1.82, 2.24) is 14.5 Å². The lowest BCUT2D eigenvalue weighted by molar-refractivity contribution is 0.730. The highest BCUT2D eigenvalue weighted by atomic mass is 35.5. The quantitative estimate of drug-likeness (QED) is 0.387. The van der Waals surface area contributed by atoms with Gasteiger partial charge >= 0.3 is 0 Å². The molecule has 27 heavy (non-hydrogen) atoms. The van der Waals surface area contributed by atoms with Gasteiger partial charge in [0.25, 0.3) is 0 Å². The summed E-state index contributed by atoms with van der Waals surface area (Å²) < 4.78 is 2.23. The predicted molar refractivity (Wildman–Crippen MR) is 114 cm³/mol. The minimum atomic E-state index is 0.720. The van der Waals surface area contributed by atoms with Crippen LogP contribution < -0.4 is 0 Å². The molecule has 0 spiro atoms. The summed E-state index contributed by atoms with van der Waals surface area (Å²) in [6.07, 6.45) is 3.67. The van der Waals surface area contributed by atoms with E-state index in [1.807, 2.05) is 30.5 Å². The fourth-order valence-corrected chi connectivity index (χ4v) is 4.42. The predicted octanol–water partition coefficient (Wildman–Crippen LogP) is 6.04. The fourth-order valence-electron chi connectivity index (χ4n) is 3.13. The molecule has 0 aliphatic carbocycles. The summed E-state index contributed by atoms with van der Waals surface area (Å²) in [5.41, 5.74) is 7.11.